The van der Waals surface area contributed by atoms with Gasteiger partial charge in [0.15, 0.2) is 0 Å². The van der Waals surface area contributed by atoms with Crippen molar-refractivity contribution < 1.29 is 18.7 Å². The molecule has 1 aromatic carbocycles. The minimum Gasteiger partial charge on any atom is -0.381 e. The number of para-hydroxylation sites is 1. The fourth-order valence-corrected chi connectivity index (χ4v) is 4.45. The smallest absolute Gasteiger partial charge is 0.223 e. The maximum Gasteiger partial charge on any atom is 0.223 e. The Morgan fingerprint density at radius 1 is 1.17 bits per heavy atom. The van der Waals surface area contributed by atoms with Crippen molar-refractivity contribution in [2.75, 3.05) is 33.0 Å². The molecule has 2 fully saturated rings. The Labute approximate surface area is 170 Å². The summed E-state index contributed by atoms with van der Waals surface area (Å²) in [7, 11) is 0. The average molecular weight is 401 g/mol. The third-order valence-corrected chi connectivity index (χ3v) is 6.01. The van der Waals surface area contributed by atoms with E-state index in [0.29, 0.717) is 37.8 Å². The molecule has 3 heterocycles. The lowest BCUT2D eigenvalue weighted by molar-refractivity contribution is -0.142. The van der Waals surface area contributed by atoms with Gasteiger partial charge in [0.1, 0.15) is 11.5 Å². The first-order valence-electron chi connectivity index (χ1n) is 10.3. The molecule has 2 aromatic rings. The van der Waals surface area contributed by atoms with Crippen LogP contribution >= 0.6 is 0 Å². The van der Waals surface area contributed by atoms with Gasteiger partial charge in [-0.15, -0.1) is 0 Å². The van der Waals surface area contributed by atoms with Crippen LogP contribution in [0.3, 0.4) is 0 Å². The molecule has 1 aromatic heterocycles. The maximum absolute atomic E-state index is 14.3. The number of carbonyl (C=O) groups is 1. The van der Waals surface area contributed by atoms with Crippen molar-refractivity contribution in [2.45, 2.75) is 39.2 Å². The predicted octanol–water partition coefficient (Wildman–Crippen LogP) is 3.34. The molecule has 1 amide bonds. The Balaban J connectivity index is 1.61. The Bertz CT molecular complexity index is 876. The zero-order valence-electron chi connectivity index (χ0n) is 17.1. The molecule has 0 spiro atoms. The molecular weight excluding hydrogens is 373 g/mol. The van der Waals surface area contributed by atoms with E-state index >= 15 is 0 Å². The first kappa shape index (κ1) is 20.0. The highest BCUT2D eigenvalue weighted by atomic mass is 19.1. The third-order valence-electron chi connectivity index (χ3n) is 6.01. The summed E-state index contributed by atoms with van der Waals surface area (Å²) in [5.74, 6) is 0.211. The molecule has 0 radical (unpaired) electrons. The number of amides is 1. The molecule has 2 saturated heterocycles. The van der Waals surface area contributed by atoms with E-state index < -0.39 is 0 Å². The number of hydrogen-bond acceptors (Lipinski definition) is 4. The van der Waals surface area contributed by atoms with E-state index in [9.17, 15) is 9.18 Å². The van der Waals surface area contributed by atoms with Gasteiger partial charge in [-0.05, 0) is 44.7 Å². The van der Waals surface area contributed by atoms with Gasteiger partial charge in [0.25, 0.3) is 0 Å². The lowest BCUT2D eigenvalue weighted by Crippen LogP contribution is -2.44. The van der Waals surface area contributed by atoms with Crippen LogP contribution < -0.4 is 0 Å². The molecule has 7 heteroatoms. The van der Waals surface area contributed by atoms with Crippen molar-refractivity contribution in [1.82, 2.24) is 14.7 Å². The van der Waals surface area contributed by atoms with Gasteiger partial charge in [-0.2, -0.15) is 5.10 Å². The fraction of sp³-hybridized carbons (Fsp3) is 0.545. The van der Waals surface area contributed by atoms with Crippen molar-refractivity contribution in [2.24, 2.45) is 5.92 Å². The molecule has 156 valence electrons. The number of halogens is 1. The summed E-state index contributed by atoms with van der Waals surface area (Å²) in [6.07, 6.45) is 2.41. The highest BCUT2D eigenvalue weighted by Gasteiger charge is 2.34. The molecule has 6 nitrogen and oxygen atoms in total. The lowest BCUT2D eigenvalue weighted by atomic mass is 9.94. The van der Waals surface area contributed by atoms with Crippen LogP contribution in [0.4, 0.5) is 4.39 Å². The van der Waals surface area contributed by atoms with E-state index in [2.05, 4.69) is 5.10 Å². The number of ether oxygens (including phenoxy) is 2. The summed E-state index contributed by atoms with van der Waals surface area (Å²) in [6.45, 7) is 6.85. The van der Waals surface area contributed by atoms with Gasteiger partial charge < -0.3 is 14.4 Å². The van der Waals surface area contributed by atoms with E-state index in [0.717, 1.165) is 43.0 Å². The highest BCUT2D eigenvalue weighted by molar-refractivity contribution is 5.77. The van der Waals surface area contributed by atoms with Crippen LogP contribution in [0.25, 0.3) is 5.69 Å². The second-order valence-corrected chi connectivity index (χ2v) is 7.89. The van der Waals surface area contributed by atoms with Crippen LogP contribution in [0.2, 0.25) is 0 Å². The zero-order valence-corrected chi connectivity index (χ0v) is 17.1. The topological polar surface area (TPSA) is 56.6 Å². The number of nitrogens with zero attached hydrogens (tertiary/aromatic N) is 3. The van der Waals surface area contributed by atoms with Crippen molar-refractivity contribution in [3.05, 3.63) is 47.0 Å². The molecule has 4 rings (SSSR count). The largest absolute Gasteiger partial charge is 0.381 e. The number of benzene rings is 1. The Morgan fingerprint density at radius 2 is 1.93 bits per heavy atom. The number of morpholine rings is 1. The SMILES string of the molecule is Cc1nn(-c2ccccc2F)c(C)c1[C@H]1COCCN1C(=O)CC1CCOCC1. The van der Waals surface area contributed by atoms with Gasteiger partial charge in [0.05, 0.1) is 24.9 Å². The van der Waals surface area contributed by atoms with E-state index in [1.165, 1.54) is 6.07 Å². The van der Waals surface area contributed by atoms with Crippen LogP contribution in [0, 0.1) is 25.6 Å². The van der Waals surface area contributed by atoms with Gasteiger partial charge in [-0.25, -0.2) is 9.07 Å². The molecule has 2 aliphatic rings. The Hall–Kier alpha value is -2.25. The summed E-state index contributed by atoms with van der Waals surface area (Å²) in [5, 5.41) is 4.59. The number of carbonyl (C=O) groups excluding carboxylic acids is 1. The summed E-state index contributed by atoms with van der Waals surface area (Å²) >= 11 is 0. The van der Waals surface area contributed by atoms with Crippen LogP contribution in [-0.2, 0) is 14.3 Å². The highest BCUT2D eigenvalue weighted by Crippen LogP contribution is 2.32. The molecular formula is C22H28FN3O3. The van der Waals surface area contributed by atoms with Crippen molar-refractivity contribution >= 4 is 5.91 Å². The summed E-state index contributed by atoms with van der Waals surface area (Å²) in [5.41, 5.74) is 3.00. The van der Waals surface area contributed by atoms with Crippen molar-refractivity contribution in [3.63, 3.8) is 0 Å². The van der Waals surface area contributed by atoms with Gasteiger partial charge >= 0.3 is 0 Å². The van der Waals surface area contributed by atoms with E-state index in [-0.39, 0.29) is 17.8 Å². The van der Waals surface area contributed by atoms with Gasteiger partial charge in [-0.3, -0.25) is 4.79 Å². The summed E-state index contributed by atoms with van der Waals surface area (Å²) in [4.78, 5) is 15.1. The van der Waals surface area contributed by atoms with Crippen molar-refractivity contribution in [1.29, 1.82) is 0 Å². The number of aryl methyl sites for hydroxylation is 1. The quantitative estimate of drug-likeness (QED) is 0.789. The minimum atomic E-state index is -0.322. The van der Waals surface area contributed by atoms with Crippen LogP contribution in [0.1, 0.15) is 42.3 Å². The molecule has 0 bridgehead atoms. The Morgan fingerprint density at radius 3 is 2.69 bits per heavy atom. The van der Waals surface area contributed by atoms with E-state index in [1.807, 2.05) is 18.7 Å². The van der Waals surface area contributed by atoms with Gasteiger partial charge in [-0.1, -0.05) is 12.1 Å². The summed E-state index contributed by atoms with van der Waals surface area (Å²) in [6, 6.07) is 6.40. The van der Waals surface area contributed by atoms with Crippen molar-refractivity contribution in [3.8, 4) is 5.69 Å². The zero-order chi connectivity index (χ0) is 20.4. The number of hydrogen-bond donors (Lipinski definition) is 0. The monoisotopic (exact) mass is 401 g/mol. The molecule has 1 atom stereocenters. The standard InChI is InChI=1S/C22H28FN3O3/c1-15-22(16(2)26(24-15)19-6-4-3-5-18(19)23)20-14-29-12-9-25(20)21(27)13-17-7-10-28-11-8-17/h3-6,17,20H,7-14H2,1-2H3/t20-/m1/s1. The second kappa shape index (κ2) is 8.63. The van der Waals surface area contributed by atoms with Crippen LogP contribution in [0.15, 0.2) is 24.3 Å². The number of rotatable bonds is 4. The third kappa shape index (κ3) is 4.07. The fourth-order valence-electron chi connectivity index (χ4n) is 4.45. The van der Waals surface area contributed by atoms with E-state index in [4.69, 9.17) is 9.47 Å². The first-order valence-corrected chi connectivity index (χ1v) is 10.3. The first-order chi connectivity index (χ1) is 14.1. The molecule has 0 N–H and O–H groups in total. The van der Waals surface area contributed by atoms with Gasteiger partial charge in [0, 0.05) is 37.4 Å². The molecule has 29 heavy (non-hydrogen) atoms. The molecule has 0 unspecified atom stereocenters. The Kier molecular flexibility index (Phi) is 5.96. The van der Waals surface area contributed by atoms with Crippen LogP contribution in [0.5, 0.6) is 0 Å². The van der Waals surface area contributed by atoms with E-state index in [1.54, 1.807) is 22.9 Å². The molecule has 0 aliphatic carbocycles. The lowest BCUT2D eigenvalue weighted by Gasteiger charge is -2.37. The minimum absolute atomic E-state index is 0.155. The second-order valence-electron chi connectivity index (χ2n) is 7.89. The predicted molar refractivity (Wildman–Crippen MR) is 106 cm³/mol. The summed E-state index contributed by atoms with van der Waals surface area (Å²) < 4.78 is 27.1. The molecule has 2 aliphatic heterocycles. The van der Waals surface area contributed by atoms with Crippen LogP contribution in [-0.4, -0.2) is 53.6 Å². The normalized spacial score (nSPS) is 20.8. The molecule has 0 saturated carbocycles. The number of aromatic nitrogens is 2. The average Bonchev–Trinajstić information content (AvgIpc) is 3.03. The maximum atomic E-state index is 14.3. The van der Waals surface area contributed by atoms with Gasteiger partial charge in [0.2, 0.25) is 5.91 Å².